The number of fused-ring (bicyclic) bond motifs is 14. The van der Waals surface area contributed by atoms with Crippen LogP contribution in [0.4, 0.5) is 0 Å². The van der Waals surface area contributed by atoms with Crippen LogP contribution in [0, 0.1) is 0 Å². The summed E-state index contributed by atoms with van der Waals surface area (Å²) in [6.07, 6.45) is 0. The van der Waals surface area contributed by atoms with Crippen molar-refractivity contribution in [3.63, 3.8) is 0 Å². The first-order chi connectivity index (χ1) is 37.7. The van der Waals surface area contributed by atoms with Gasteiger partial charge in [-0.25, -0.2) is 15.0 Å². The molecule has 1 atom stereocenters. The minimum absolute atomic E-state index is 0.00882. The fourth-order valence-corrected chi connectivity index (χ4v) is 12.3. The second-order valence-electron chi connectivity index (χ2n) is 19.7. The molecule has 1 aliphatic carbocycles. The summed E-state index contributed by atoms with van der Waals surface area (Å²) in [5.41, 5.74) is 19.6. The van der Waals surface area contributed by atoms with E-state index in [0.717, 1.165) is 105 Å². The van der Waals surface area contributed by atoms with E-state index in [0.29, 0.717) is 17.5 Å². The molecule has 76 heavy (non-hydrogen) atoms. The van der Waals surface area contributed by atoms with E-state index in [9.17, 15) is 0 Å². The predicted molar refractivity (Wildman–Crippen MR) is 309 cm³/mol. The number of rotatable bonds is 7. The Kier molecular flexibility index (Phi) is 9.30. The molecular formula is C70H42N4O2. The Balaban J connectivity index is 1.00. The molecule has 11 aromatic carbocycles. The monoisotopic (exact) mass is 970 g/mol. The molecule has 4 heterocycles. The quantitative estimate of drug-likeness (QED) is 0.159. The van der Waals surface area contributed by atoms with Crippen molar-refractivity contribution in [3.05, 3.63) is 265 Å². The Labute approximate surface area is 436 Å². The first-order valence-corrected chi connectivity index (χ1v) is 25.8. The molecule has 15 aromatic rings. The first-order valence-electron chi connectivity index (χ1n) is 25.8. The van der Waals surface area contributed by atoms with Gasteiger partial charge in [-0.05, 0) is 105 Å². The molecule has 0 bridgehead atoms. The van der Waals surface area contributed by atoms with Crippen LogP contribution in [-0.4, -0.2) is 19.5 Å². The van der Waals surface area contributed by atoms with Gasteiger partial charge in [0.1, 0.15) is 22.3 Å². The van der Waals surface area contributed by atoms with Gasteiger partial charge in [-0.1, -0.05) is 194 Å². The highest BCUT2D eigenvalue weighted by atomic mass is 16.3. The van der Waals surface area contributed by atoms with Gasteiger partial charge in [0.2, 0.25) is 0 Å². The zero-order valence-corrected chi connectivity index (χ0v) is 40.9. The molecule has 0 aliphatic heterocycles. The average molecular weight is 971 g/mol. The summed E-state index contributed by atoms with van der Waals surface area (Å²) in [7, 11) is 0. The Hall–Kier alpha value is -10.2. The summed E-state index contributed by atoms with van der Waals surface area (Å²) in [5, 5.41) is 6.61. The molecule has 1 unspecified atom stereocenters. The van der Waals surface area contributed by atoms with E-state index in [2.05, 4.69) is 217 Å². The van der Waals surface area contributed by atoms with Crippen molar-refractivity contribution in [2.45, 2.75) is 5.92 Å². The van der Waals surface area contributed by atoms with Gasteiger partial charge in [0, 0.05) is 55.2 Å². The molecule has 0 amide bonds. The average Bonchev–Trinajstić information content (AvgIpc) is 4.42. The van der Waals surface area contributed by atoms with Crippen LogP contribution in [0.2, 0.25) is 0 Å². The Bertz CT molecular complexity index is 4750. The molecule has 354 valence electrons. The summed E-state index contributed by atoms with van der Waals surface area (Å²) in [6.45, 7) is 0. The zero-order valence-electron chi connectivity index (χ0n) is 40.9. The molecule has 1 aliphatic rings. The molecule has 0 saturated carbocycles. The van der Waals surface area contributed by atoms with Crippen LogP contribution < -0.4 is 0 Å². The normalized spacial score (nSPS) is 13.1. The number of aromatic nitrogens is 4. The standard InChI is InChI=1S/C70H42N4O2/c1-5-19-42(20-6-1)61-51-29-14-13-27-48(51)53-37-39-59-65(64(53)61)63-52(31-18-34-58(63)75-59)49-36-35-45(41-55(49)70-72-68(43-21-7-2-8-22-43)71-69(73-70)44-23-9-3-10-24-44)47-30-17-33-57-62(47)66-60(76-57)40-38-54-50-28-15-16-32-56(50)74(67(54)66)46-25-11-4-12-26-46/h1-41,61H. The highest BCUT2D eigenvalue weighted by molar-refractivity contribution is 6.27. The number of hydrogen-bond acceptors (Lipinski definition) is 5. The highest BCUT2D eigenvalue weighted by Gasteiger charge is 2.34. The van der Waals surface area contributed by atoms with Crippen LogP contribution in [0.15, 0.2) is 258 Å². The maximum absolute atomic E-state index is 6.94. The fraction of sp³-hybridized carbons (Fsp3) is 0.0143. The third-order valence-corrected chi connectivity index (χ3v) is 15.6. The van der Waals surface area contributed by atoms with Crippen LogP contribution in [0.5, 0.6) is 0 Å². The Morgan fingerprint density at radius 2 is 0.882 bits per heavy atom. The van der Waals surface area contributed by atoms with E-state index in [1.54, 1.807) is 0 Å². The first kappa shape index (κ1) is 42.3. The molecule has 4 aromatic heterocycles. The van der Waals surface area contributed by atoms with E-state index in [4.69, 9.17) is 23.8 Å². The topological polar surface area (TPSA) is 69.9 Å². The zero-order chi connectivity index (χ0) is 49.8. The van der Waals surface area contributed by atoms with Crippen molar-refractivity contribution in [1.29, 1.82) is 0 Å². The van der Waals surface area contributed by atoms with Gasteiger partial charge in [0.15, 0.2) is 17.5 Å². The Morgan fingerprint density at radius 1 is 0.329 bits per heavy atom. The molecule has 16 rings (SSSR count). The van der Waals surface area contributed by atoms with E-state index in [1.165, 1.54) is 33.2 Å². The molecule has 0 N–H and O–H groups in total. The molecule has 0 saturated heterocycles. The van der Waals surface area contributed by atoms with Crippen LogP contribution in [0.1, 0.15) is 22.6 Å². The van der Waals surface area contributed by atoms with Crippen LogP contribution in [0.3, 0.4) is 0 Å². The van der Waals surface area contributed by atoms with Crippen molar-refractivity contribution >= 4 is 65.7 Å². The summed E-state index contributed by atoms with van der Waals surface area (Å²) >= 11 is 0. The number of para-hydroxylation sites is 2. The Morgan fingerprint density at radius 3 is 1.62 bits per heavy atom. The maximum atomic E-state index is 6.94. The van der Waals surface area contributed by atoms with E-state index in [1.807, 2.05) is 36.4 Å². The molecule has 6 heteroatoms. The molecule has 0 radical (unpaired) electrons. The summed E-state index contributed by atoms with van der Waals surface area (Å²) in [4.78, 5) is 16.0. The van der Waals surface area contributed by atoms with Crippen molar-refractivity contribution < 1.29 is 8.83 Å². The third kappa shape index (κ3) is 6.37. The van der Waals surface area contributed by atoms with Gasteiger partial charge >= 0.3 is 0 Å². The SMILES string of the molecule is c1ccc(-c2nc(-c3ccccc3)nc(-c3cc(-c4cccc5oc6ccc7c8ccccc8n(-c8ccccc8)c7c6c45)ccc3-c3cccc4oc5ccc6c(c5c34)C(c3ccccc3)c3ccccc3-6)n2)cc1. The van der Waals surface area contributed by atoms with Crippen molar-refractivity contribution in [1.82, 2.24) is 19.5 Å². The predicted octanol–water partition coefficient (Wildman–Crippen LogP) is 18.3. The maximum Gasteiger partial charge on any atom is 0.164 e. The second-order valence-corrected chi connectivity index (χ2v) is 19.7. The van der Waals surface area contributed by atoms with Crippen LogP contribution in [0.25, 0.3) is 139 Å². The number of hydrogen-bond donors (Lipinski definition) is 0. The molecule has 6 nitrogen and oxygen atoms in total. The lowest BCUT2D eigenvalue weighted by molar-refractivity contribution is 0.668. The second kappa shape index (κ2) is 16.7. The lowest BCUT2D eigenvalue weighted by atomic mass is 9.85. The van der Waals surface area contributed by atoms with Gasteiger partial charge in [-0.2, -0.15) is 0 Å². The molecular weight excluding hydrogens is 929 g/mol. The summed E-state index contributed by atoms with van der Waals surface area (Å²) in [5.74, 6) is 1.75. The lowest BCUT2D eigenvalue weighted by Gasteiger charge is -2.17. The van der Waals surface area contributed by atoms with Crippen molar-refractivity contribution in [3.8, 4) is 73.2 Å². The van der Waals surface area contributed by atoms with E-state index >= 15 is 0 Å². The van der Waals surface area contributed by atoms with Crippen LogP contribution >= 0.6 is 0 Å². The van der Waals surface area contributed by atoms with Gasteiger partial charge < -0.3 is 13.4 Å². The third-order valence-electron chi connectivity index (χ3n) is 15.6. The largest absolute Gasteiger partial charge is 0.456 e. The summed E-state index contributed by atoms with van der Waals surface area (Å²) in [6, 6.07) is 87.8. The van der Waals surface area contributed by atoms with E-state index in [-0.39, 0.29) is 5.92 Å². The fourth-order valence-electron chi connectivity index (χ4n) is 12.3. The van der Waals surface area contributed by atoms with Crippen molar-refractivity contribution in [2.24, 2.45) is 0 Å². The molecule has 0 spiro atoms. The van der Waals surface area contributed by atoms with Gasteiger partial charge in [0.05, 0.1) is 16.4 Å². The number of furan rings is 2. The minimum Gasteiger partial charge on any atom is -0.456 e. The number of nitrogens with zero attached hydrogens (tertiary/aromatic N) is 4. The number of benzene rings is 11. The molecule has 0 fully saturated rings. The van der Waals surface area contributed by atoms with Crippen LogP contribution in [-0.2, 0) is 0 Å². The minimum atomic E-state index is 0.00882. The summed E-state index contributed by atoms with van der Waals surface area (Å²) < 4.78 is 16.2. The van der Waals surface area contributed by atoms with Gasteiger partial charge in [-0.15, -0.1) is 0 Å². The van der Waals surface area contributed by atoms with Crippen molar-refractivity contribution in [2.75, 3.05) is 0 Å². The smallest absolute Gasteiger partial charge is 0.164 e. The lowest BCUT2D eigenvalue weighted by Crippen LogP contribution is -2.01. The van der Waals surface area contributed by atoms with Gasteiger partial charge in [-0.3, -0.25) is 0 Å². The van der Waals surface area contributed by atoms with E-state index < -0.39 is 0 Å². The highest BCUT2D eigenvalue weighted by Crippen LogP contribution is 2.54. The van der Waals surface area contributed by atoms with Gasteiger partial charge in [0.25, 0.3) is 0 Å².